The number of halogens is 5. The molecule has 1 nitrogen and oxygen atoms in total. The molecule has 0 saturated heterocycles. The summed E-state index contributed by atoms with van der Waals surface area (Å²) in [4.78, 5) is 0. The summed E-state index contributed by atoms with van der Waals surface area (Å²) in [6, 6.07) is 18.8. The topological polar surface area (TPSA) is 9.23 Å². The van der Waals surface area contributed by atoms with Crippen molar-refractivity contribution in [3.8, 4) is 0 Å². The zero-order chi connectivity index (χ0) is 21.0. The van der Waals surface area contributed by atoms with Crippen LogP contribution >= 0.6 is 31.9 Å². The Kier molecular flexibility index (Phi) is 7.98. The van der Waals surface area contributed by atoms with Crippen LogP contribution in [0.1, 0.15) is 33.6 Å². The largest absolute Gasteiger partial charge is 0.413 e. The fraction of sp³-hybridized carbons (Fsp3) is 0.429. The summed E-state index contributed by atoms with van der Waals surface area (Å²) in [5.74, 6) is 0. The fourth-order valence-electron chi connectivity index (χ4n) is 3.47. The lowest BCUT2D eigenvalue weighted by atomic mass is 10.2. The van der Waals surface area contributed by atoms with Gasteiger partial charge in [0.25, 0.3) is 8.32 Å². The molecule has 0 fully saturated rings. The van der Waals surface area contributed by atoms with E-state index in [0.717, 1.165) is 10.4 Å². The molecule has 0 heterocycles. The van der Waals surface area contributed by atoms with Crippen LogP contribution in [0.15, 0.2) is 60.7 Å². The highest BCUT2D eigenvalue weighted by Crippen LogP contribution is 2.41. The zero-order valence-electron chi connectivity index (χ0n) is 16.1. The Hall–Kier alpha value is -0.633. The maximum atomic E-state index is 14.0. The van der Waals surface area contributed by atoms with Crippen LogP contribution in [0.2, 0.25) is 5.04 Å². The first-order valence-electron chi connectivity index (χ1n) is 9.12. The lowest BCUT2D eigenvalue weighted by Crippen LogP contribution is -2.68. The van der Waals surface area contributed by atoms with Crippen LogP contribution in [-0.4, -0.2) is 24.3 Å². The molecule has 0 spiro atoms. The first-order valence-corrected chi connectivity index (χ1v) is 12.9. The van der Waals surface area contributed by atoms with Crippen molar-refractivity contribution in [2.75, 3.05) is 0 Å². The summed E-state index contributed by atoms with van der Waals surface area (Å²) in [6.45, 7) is 5.93. The van der Waals surface area contributed by atoms with E-state index in [1.54, 1.807) is 0 Å². The van der Waals surface area contributed by atoms with Gasteiger partial charge in [-0.15, -0.1) is 0 Å². The van der Waals surface area contributed by atoms with Crippen LogP contribution in [0.5, 0.6) is 0 Å². The van der Waals surface area contributed by atoms with Gasteiger partial charge in [0.05, 0.1) is 3.74 Å². The molecule has 1 atom stereocenters. The van der Waals surface area contributed by atoms with Crippen LogP contribution in [0.25, 0.3) is 0 Å². The van der Waals surface area contributed by atoms with Crippen molar-refractivity contribution in [3.63, 3.8) is 0 Å². The van der Waals surface area contributed by atoms with E-state index in [-0.39, 0.29) is 10.2 Å². The molecule has 28 heavy (non-hydrogen) atoms. The Balaban J connectivity index is 2.66. The minimum absolute atomic E-state index is 0.116. The predicted molar refractivity (Wildman–Crippen MR) is 119 cm³/mol. The molecule has 154 valence electrons. The Morgan fingerprint density at radius 2 is 1.25 bits per heavy atom. The lowest BCUT2D eigenvalue weighted by Gasteiger charge is -2.45. The van der Waals surface area contributed by atoms with Gasteiger partial charge in [0.2, 0.25) is 0 Å². The molecule has 2 aromatic rings. The van der Waals surface area contributed by atoms with E-state index in [0.29, 0.717) is 6.42 Å². The smallest absolute Gasteiger partial charge is 0.395 e. The minimum Gasteiger partial charge on any atom is -0.395 e. The zero-order valence-corrected chi connectivity index (χ0v) is 20.3. The Labute approximate surface area is 183 Å². The van der Waals surface area contributed by atoms with Crippen molar-refractivity contribution in [2.45, 2.75) is 54.7 Å². The maximum Gasteiger partial charge on any atom is 0.413 e. The Bertz CT molecular complexity index is 691. The standard InChI is InChI=1S/C21H25Br2F3OSi/c1-20(2,3)28(16-10-6-4-7-11-16,17-12-8-5-9-13-17)27-18(21(24,25)26)14-15-19(22)23/h4-13,18-19H,14-15H2,1-3H3/t18-/m1/s1. The molecule has 0 aromatic heterocycles. The molecule has 7 heteroatoms. The van der Waals surface area contributed by atoms with Gasteiger partial charge in [-0.25, -0.2) is 0 Å². The average molecular weight is 538 g/mol. The quantitative estimate of drug-likeness (QED) is 0.293. The molecule has 0 bridgehead atoms. The van der Waals surface area contributed by atoms with Crippen molar-refractivity contribution in [1.29, 1.82) is 0 Å². The molecule has 0 saturated carbocycles. The van der Waals surface area contributed by atoms with Crippen LogP contribution in [0.4, 0.5) is 13.2 Å². The summed E-state index contributed by atoms with van der Waals surface area (Å²) in [5, 5.41) is 1.19. The lowest BCUT2D eigenvalue weighted by molar-refractivity contribution is -0.199. The molecular weight excluding hydrogens is 513 g/mol. The number of rotatable bonds is 7. The predicted octanol–water partition coefficient (Wildman–Crippen LogP) is 6.39. The molecule has 0 unspecified atom stereocenters. The van der Waals surface area contributed by atoms with Gasteiger partial charge in [-0.1, -0.05) is 113 Å². The summed E-state index contributed by atoms with van der Waals surface area (Å²) in [7, 11) is -3.24. The molecule has 0 aliphatic heterocycles. The van der Waals surface area contributed by atoms with Gasteiger partial charge in [0.15, 0.2) is 0 Å². The Morgan fingerprint density at radius 3 is 1.57 bits per heavy atom. The molecule has 0 aliphatic rings. The average Bonchev–Trinajstić information content (AvgIpc) is 2.61. The van der Waals surface area contributed by atoms with E-state index in [4.69, 9.17) is 4.43 Å². The SMILES string of the molecule is CC(C)(C)[Si](O[C@H](CCC(Br)Br)C(F)(F)F)(c1ccccc1)c1ccccc1. The molecule has 0 radical (unpaired) electrons. The van der Waals surface area contributed by atoms with Crippen LogP contribution in [0.3, 0.4) is 0 Å². The van der Waals surface area contributed by atoms with Gasteiger partial charge in [-0.2, -0.15) is 13.2 Å². The van der Waals surface area contributed by atoms with Crippen molar-refractivity contribution in [3.05, 3.63) is 60.7 Å². The number of alkyl halides is 5. The van der Waals surface area contributed by atoms with Crippen LogP contribution in [-0.2, 0) is 4.43 Å². The third kappa shape index (κ3) is 5.49. The summed E-state index contributed by atoms with van der Waals surface area (Å²) in [6.07, 6.45) is -6.09. The second-order valence-corrected chi connectivity index (χ2v) is 15.5. The number of hydrogen-bond acceptors (Lipinski definition) is 1. The van der Waals surface area contributed by atoms with Crippen molar-refractivity contribution < 1.29 is 17.6 Å². The van der Waals surface area contributed by atoms with Crippen LogP contribution < -0.4 is 10.4 Å². The second-order valence-electron chi connectivity index (χ2n) is 7.78. The minimum atomic E-state index is -4.44. The number of benzene rings is 2. The first kappa shape index (κ1) is 23.6. The third-order valence-electron chi connectivity index (χ3n) is 4.75. The molecule has 2 aromatic carbocycles. The van der Waals surface area contributed by atoms with Gasteiger partial charge in [0, 0.05) is 0 Å². The monoisotopic (exact) mass is 536 g/mol. The van der Waals surface area contributed by atoms with E-state index in [1.165, 1.54) is 0 Å². The molecule has 0 N–H and O–H groups in total. The van der Waals surface area contributed by atoms with Gasteiger partial charge in [0.1, 0.15) is 6.10 Å². The number of hydrogen-bond donors (Lipinski definition) is 0. The summed E-state index contributed by atoms with van der Waals surface area (Å²) in [5.41, 5.74) is 0. The highest BCUT2D eigenvalue weighted by Gasteiger charge is 2.55. The van der Waals surface area contributed by atoms with Crippen molar-refractivity contribution >= 4 is 50.6 Å². The van der Waals surface area contributed by atoms with Crippen molar-refractivity contribution in [2.24, 2.45) is 0 Å². The van der Waals surface area contributed by atoms with E-state index >= 15 is 0 Å². The van der Waals surface area contributed by atoms with Gasteiger partial charge >= 0.3 is 6.18 Å². The van der Waals surface area contributed by atoms with Gasteiger partial charge < -0.3 is 4.43 Å². The highest BCUT2D eigenvalue weighted by atomic mass is 79.9. The van der Waals surface area contributed by atoms with E-state index in [2.05, 4.69) is 31.9 Å². The summed E-state index contributed by atoms with van der Waals surface area (Å²) < 4.78 is 48.0. The maximum absolute atomic E-state index is 14.0. The molecular formula is C21H25Br2F3OSi. The van der Waals surface area contributed by atoms with E-state index < -0.39 is 25.6 Å². The first-order chi connectivity index (χ1) is 13.0. The molecule has 0 aliphatic carbocycles. The van der Waals surface area contributed by atoms with Crippen LogP contribution in [0, 0.1) is 0 Å². The highest BCUT2D eigenvalue weighted by molar-refractivity contribution is 9.24. The van der Waals surface area contributed by atoms with Gasteiger partial charge in [-0.3, -0.25) is 0 Å². The van der Waals surface area contributed by atoms with Gasteiger partial charge in [-0.05, 0) is 28.3 Å². The second kappa shape index (κ2) is 9.45. The third-order valence-corrected chi connectivity index (χ3v) is 10.7. The normalized spacial score (nSPS) is 14.3. The van der Waals surface area contributed by atoms with E-state index in [9.17, 15) is 13.2 Å². The molecule has 0 amide bonds. The van der Waals surface area contributed by atoms with E-state index in [1.807, 2.05) is 81.4 Å². The van der Waals surface area contributed by atoms with Crippen molar-refractivity contribution in [1.82, 2.24) is 0 Å². The Morgan fingerprint density at radius 1 is 0.821 bits per heavy atom. The summed E-state index contributed by atoms with van der Waals surface area (Å²) >= 11 is 6.57. The molecule has 2 rings (SSSR count). The fourth-order valence-corrected chi connectivity index (χ4v) is 8.69.